The number of hydrogen-bond acceptors (Lipinski definition) is 5. The molecule has 0 spiro atoms. The highest BCUT2D eigenvalue weighted by atomic mass is 32.2. The molecule has 3 aromatic rings. The maximum Gasteiger partial charge on any atom is 0.253 e. The number of methoxy groups -OCH3 is 2. The van der Waals surface area contributed by atoms with Gasteiger partial charge in [-0.05, 0) is 60.7 Å². The Hall–Kier alpha value is -2.84. The molecular formula is C23H26N2O5S. The SMILES string of the molecule is COc1cc2c(cc1OC)[C@@H](c1cc3c(C)ccc(C)c3[nH]c1=O)N(S(C)(=O)=O)CC2. The molecule has 8 heteroatoms. The first kappa shape index (κ1) is 21.4. The molecule has 0 fully saturated rings. The molecule has 0 bridgehead atoms. The molecule has 0 saturated heterocycles. The zero-order chi connectivity index (χ0) is 22.5. The summed E-state index contributed by atoms with van der Waals surface area (Å²) in [6.45, 7) is 4.18. The van der Waals surface area contributed by atoms with E-state index in [1.807, 2.05) is 38.1 Å². The zero-order valence-corrected chi connectivity index (χ0v) is 19.1. The summed E-state index contributed by atoms with van der Waals surface area (Å²) < 4.78 is 37.7. The lowest BCUT2D eigenvalue weighted by Gasteiger charge is -2.36. The van der Waals surface area contributed by atoms with Gasteiger partial charge in [0.25, 0.3) is 5.56 Å². The van der Waals surface area contributed by atoms with E-state index in [1.165, 1.54) is 17.7 Å². The molecule has 1 aliphatic rings. The van der Waals surface area contributed by atoms with Crippen molar-refractivity contribution >= 4 is 20.9 Å². The summed E-state index contributed by atoms with van der Waals surface area (Å²) in [7, 11) is -0.486. The summed E-state index contributed by atoms with van der Waals surface area (Å²) in [6, 6.07) is 8.67. The third-order valence-electron chi connectivity index (χ3n) is 6.02. The van der Waals surface area contributed by atoms with E-state index in [2.05, 4.69) is 4.98 Å². The normalized spacial score (nSPS) is 16.9. The van der Waals surface area contributed by atoms with Crippen LogP contribution < -0.4 is 15.0 Å². The number of benzene rings is 2. The van der Waals surface area contributed by atoms with Crippen LogP contribution >= 0.6 is 0 Å². The molecular weight excluding hydrogens is 416 g/mol. The molecule has 164 valence electrons. The topological polar surface area (TPSA) is 88.7 Å². The highest BCUT2D eigenvalue weighted by Crippen LogP contribution is 2.41. The second-order valence-electron chi connectivity index (χ2n) is 7.97. The van der Waals surface area contributed by atoms with Crippen molar-refractivity contribution in [2.75, 3.05) is 27.0 Å². The number of aryl methyl sites for hydroxylation is 2. The Morgan fingerprint density at radius 2 is 1.65 bits per heavy atom. The van der Waals surface area contributed by atoms with E-state index >= 15 is 0 Å². The summed E-state index contributed by atoms with van der Waals surface area (Å²) in [4.78, 5) is 16.2. The van der Waals surface area contributed by atoms with Gasteiger partial charge in [0, 0.05) is 17.5 Å². The fourth-order valence-corrected chi connectivity index (χ4v) is 5.43. The standard InChI is InChI=1S/C23H26N2O5S/c1-13-6-7-14(2)21-16(13)11-18(23(26)24-21)22-17-12-20(30-4)19(29-3)10-15(17)8-9-25(22)31(5,27)28/h6-7,10-12,22H,8-9H2,1-5H3,(H,24,26)/t22-/m0/s1. The van der Waals surface area contributed by atoms with Crippen molar-refractivity contribution < 1.29 is 17.9 Å². The Morgan fingerprint density at radius 3 is 2.29 bits per heavy atom. The number of nitrogens with zero attached hydrogens (tertiary/aromatic N) is 1. The number of hydrogen-bond donors (Lipinski definition) is 1. The van der Waals surface area contributed by atoms with Crippen LogP contribution in [0.4, 0.5) is 0 Å². The quantitative estimate of drug-likeness (QED) is 0.671. The van der Waals surface area contributed by atoms with E-state index in [4.69, 9.17) is 9.47 Å². The third-order valence-corrected chi connectivity index (χ3v) is 7.27. The number of nitrogens with one attached hydrogen (secondary N) is 1. The summed E-state index contributed by atoms with van der Waals surface area (Å²) in [6.07, 6.45) is 1.69. The second-order valence-corrected chi connectivity index (χ2v) is 9.91. The molecule has 4 rings (SSSR count). The summed E-state index contributed by atoms with van der Waals surface area (Å²) in [5, 5.41) is 0.899. The number of ether oxygens (including phenoxy) is 2. The molecule has 2 aromatic carbocycles. The molecule has 0 unspecified atom stereocenters. The predicted molar refractivity (Wildman–Crippen MR) is 121 cm³/mol. The Kier molecular flexibility index (Phi) is 5.31. The molecule has 7 nitrogen and oxygen atoms in total. The van der Waals surface area contributed by atoms with E-state index in [-0.39, 0.29) is 12.1 Å². The molecule has 2 heterocycles. The van der Waals surface area contributed by atoms with Gasteiger partial charge < -0.3 is 14.5 Å². The van der Waals surface area contributed by atoms with E-state index in [1.54, 1.807) is 13.2 Å². The molecule has 0 saturated carbocycles. The van der Waals surface area contributed by atoms with Gasteiger partial charge in [0.2, 0.25) is 10.0 Å². The number of aromatic amines is 1. The number of aromatic nitrogens is 1. The molecule has 31 heavy (non-hydrogen) atoms. The van der Waals surface area contributed by atoms with E-state index in [0.717, 1.165) is 33.2 Å². The number of rotatable bonds is 4. The minimum Gasteiger partial charge on any atom is -0.493 e. The van der Waals surface area contributed by atoms with Crippen LogP contribution in [0.25, 0.3) is 10.9 Å². The van der Waals surface area contributed by atoms with Crippen molar-refractivity contribution in [2.24, 2.45) is 0 Å². The van der Waals surface area contributed by atoms with Gasteiger partial charge in [0.15, 0.2) is 11.5 Å². The van der Waals surface area contributed by atoms with Gasteiger partial charge in [0.1, 0.15) is 0 Å². The summed E-state index contributed by atoms with van der Waals surface area (Å²) >= 11 is 0. The first-order chi connectivity index (χ1) is 14.7. The lowest BCUT2D eigenvalue weighted by Crippen LogP contribution is -2.42. The maximum absolute atomic E-state index is 13.2. The van der Waals surface area contributed by atoms with Crippen LogP contribution in [-0.4, -0.2) is 44.7 Å². The Balaban J connectivity index is 2.04. The lowest BCUT2D eigenvalue weighted by atomic mass is 9.89. The number of pyridine rings is 1. The highest BCUT2D eigenvalue weighted by molar-refractivity contribution is 7.88. The second kappa shape index (κ2) is 7.69. The smallest absolute Gasteiger partial charge is 0.253 e. The van der Waals surface area contributed by atoms with Gasteiger partial charge in [-0.15, -0.1) is 0 Å². The Labute approximate surface area is 181 Å². The molecule has 1 N–H and O–H groups in total. The Morgan fingerprint density at radius 1 is 1.00 bits per heavy atom. The average molecular weight is 443 g/mol. The minimum atomic E-state index is -3.58. The monoisotopic (exact) mass is 442 g/mol. The van der Waals surface area contributed by atoms with Crippen LogP contribution in [0.3, 0.4) is 0 Å². The fourth-order valence-electron chi connectivity index (χ4n) is 4.40. The van der Waals surface area contributed by atoms with Gasteiger partial charge in [0.05, 0.1) is 32.0 Å². The van der Waals surface area contributed by atoms with Crippen molar-refractivity contribution in [1.82, 2.24) is 9.29 Å². The predicted octanol–water partition coefficient (Wildman–Crippen LogP) is 3.07. The maximum atomic E-state index is 13.2. The number of H-pyrrole nitrogens is 1. The van der Waals surface area contributed by atoms with Crippen molar-refractivity contribution in [3.05, 3.63) is 68.5 Å². The molecule has 0 aliphatic carbocycles. The van der Waals surface area contributed by atoms with Crippen molar-refractivity contribution in [1.29, 1.82) is 0 Å². The number of sulfonamides is 1. The van der Waals surface area contributed by atoms with Crippen LogP contribution in [0.2, 0.25) is 0 Å². The zero-order valence-electron chi connectivity index (χ0n) is 18.3. The van der Waals surface area contributed by atoms with Gasteiger partial charge >= 0.3 is 0 Å². The first-order valence-electron chi connectivity index (χ1n) is 10.0. The van der Waals surface area contributed by atoms with E-state index in [9.17, 15) is 13.2 Å². The van der Waals surface area contributed by atoms with Gasteiger partial charge in [-0.2, -0.15) is 4.31 Å². The third kappa shape index (κ3) is 3.59. The van der Waals surface area contributed by atoms with Gasteiger partial charge in [-0.25, -0.2) is 8.42 Å². The fraction of sp³-hybridized carbons (Fsp3) is 0.348. The van der Waals surface area contributed by atoms with E-state index < -0.39 is 16.1 Å². The van der Waals surface area contributed by atoms with Crippen molar-refractivity contribution in [3.63, 3.8) is 0 Å². The van der Waals surface area contributed by atoms with Crippen molar-refractivity contribution in [2.45, 2.75) is 26.3 Å². The van der Waals surface area contributed by atoms with Crippen LogP contribution in [0, 0.1) is 13.8 Å². The molecule has 0 amide bonds. The van der Waals surface area contributed by atoms with E-state index in [0.29, 0.717) is 23.5 Å². The average Bonchev–Trinajstić information content (AvgIpc) is 2.73. The number of fused-ring (bicyclic) bond motifs is 2. The van der Waals surface area contributed by atoms with Gasteiger partial charge in [-0.1, -0.05) is 12.1 Å². The molecule has 0 radical (unpaired) electrons. The molecule has 1 aliphatic heterocycles. The largest absolute Gasteiger partial charge is 0.493 e. The summed E-state index contributed by atoms with van der Waals surface area (Å²) in [5.41, 5.74) is 4.48. The molecule has 1 atom stereocenters. The van der Waals surface area contributed by atoms with Crippen LogP contribution in [-0.2, 0) is 16.4 Å². The van der Waals surface area contributed by atoms with Crippen LogP contribution in [0.15, 0.2) is 35.1 Å². The lowest BCUT2D eigenvalue weighted by molar-refractivity contribution is 0.332. The van der Waals surface area contributed by atoms with Crippen LogP contribution in [0.1, 0.15) is 33.9 Å². The summed E-state index contributed by atoms with van der Waals surface area (Å²) in [5.74, 6) is 1.07. The first-order valence-corrected chi connectivity index (χ1v) is 11.8. The minimum absolute atomic E-state index is 0.274. The highest BCUT2D eigenvalue weighted by Gasteiger charge is 2.37. The van der Waals surface area contributed by atoms with Crippen LogP contribution in [0.5, 0.6) is 11.5 Å². The van der Waals surface area contributed by atoms with Crippen molar-refractivity contribution in [3.8, 4) is 11.5 Å². The Bertz CT molecular complexity index is 1340. The molecule has 1 aromatic heterocycles. The van der Waals surface area contributed by atoms with Gasteiger partial charge in [-0.3, -0.25) is 4.79 Å².